The Morgan fingerprint density at radius 3 is 2.23 bits per heavy atom. The second kappa shape index (κ2) is 8.55. The highest BCUT2D eigenvalue weighted by Crippen LogP contribution is 2.17. The standard InChI is InChI=1S/C12H27N/c1-5-7-8-9-11(3)12(4)10-13-6-2/h11-13H,5-10H2,1-4H3/t11?,12-/m0/s1. The fourth-order valence-corrected chi connectivity index (χ4v) is 1.57. The van der Waals surface area contributed by atoms with Crippen LogP contribution >= 0.6 is 0 Å². The first-order valence-corrected chi connectivity index (χ1v) is 5.93. The molecule has 0 aromatic rings. The summed E-state index contributed by atoms with van der Waals surface area (Å²) in [7, 11) is 0. The van der Waals surface area contributed by atoms with Crippen molar-refractivity contribution >= 4 is 0 Å². The highest BCUT2D eigenvalue weighted by atomic mass is 14.8. The minimum atomic E-state index is 0.830. The molecule has 0 rings (SSSR count). The zero-order chi connectivity index (χ0) is 10.1. The maximum atomic E-state index is 3.42. The lowest BCUT2D eigenvalue weighted by Gasteiger charge is -2.19. The SMILES string of the molecule is CCCCCC(C)[C@@H](C)CNCC. The molecule has 1 nitrogen and oxygen atoms in total. The normalized spacial score (nSPS) is 15.7. The van der Waals surface area contributed by atoms with E-state index in [2.05, 4.69) is 33.0 Å². The van der Waals surface area contributed by atoms with Crippen molar-refractivity contribution in [3.05, 3.63) is 0 Å². The van der Waals surface area contributed by atoms with E-state index in [4.69, 9.17) is 0 Å². The predicted octanol–water partition coefficient (Wildman–Crippen LogP) is 3.45. The van der Waals surface area contributed by atoms with E-state index in [9.17, 15) is 0 Å². The van der Waals surface area contributed by atoms with Gasteiger partial charge in [0.2, 0.25) is 0 Å². The third-order valence-electron chi connectivity index (χ3n) is 2.95. The van der Waals surface area contributed by atoms with Crippen molar-refractivity contribution in [2.75, 3.05) is 13.1 Å². The molecule has 0 spiro atoms. The lowest BCUT2D eigenvalue weighted by atomic mass is 9.91. The molecular weight excluding hydrogens is 158 g/mol. The highest BCUT2D eigenvalue weighted by molar-refractivity contribution is 4.64. The predicted molar refractivity (Wildman–Crippen MR) is 61.0 cm³/mol. The molecule has 0 aliphatic heterocycles. The number of hydrogen-bond acceptors (Lipinski definition) is 1. The van der Waals surface area contributed by atoms with Gasteiger partial charge in [-0.05, 0) is 24.9 Å². The summed E-state index contributed by atoms with van der Waals surface area (Å²) in [6, 6.07) is 0. The summed E-state index contributed by atoms with van der Waals surface area (Å²) in [5.74, 6) is 1.71. The Hall–Kier alpha value is -0.0400. The van der Waals surface area contributed by atoms with E-state index in [1.165, 1.54) is 32.2 Å². The van der Waals surface area contributed by atoms with E-state index in [0.29, 0.717) is 0 Å². The van der Waals surface area contributed by atoms with Gasteiger partial charge in [-0.15, -0.1) is 0 Å². The van der Waals surface area contributed by atoms with Crippen LogP contribution < -0.4 is 5.32 Å². The lowest BCUT2D eigenvalue weighted by molar-refractivity contribution is 0.339. The Morgan fingerprint density at radius 2 is 1.69 bits per heavy atom. The van der Waals surface area contributed by atoms with Gasteiger partial charge < -0.3 is 5.32 Å². The van der Waals surface area contributed by atoms with Gasteiger partial charge in [0, 0.05) is 0 Å². The van der Waals surface area contributed by atoms with Crippen molar-refractivity contribution in [3.63, 3.8) is 0 Å². The summed E-state index contributed by atoms with van der Waals surface area (Å²) in [6.07, 6.45) is 5.56. The maximum absolute atomic E-state index is 3.42. The zero-order valence-corrected chi connectivity index (χ0v) is 9.90. The first kappa shape index (κ1) is 13.0. The van der Waals surface area contributed by atoms with Gasteiger partial charge in [-0.1, -0.05) is 53.4 Å². The molecule has 0 aliphatic rings. The van der Waals surface area contributed by atoms with E-state index in [0.717, 1.165) is 18.4 Å². The first-order valence-electron chi connectivity index (χ1n) is 5.93. The topological polar surface area (TPSA) is 12.0 Å². The summed E-state index contributed by atoms with van der Waals surface area (Å²) in [6.45, 7) is 11.5. The Bertz CT molecular complexity index is 101. The van der Waals surface area contributed by atoms with E-state index < -0.39 is 0 Å². The molecule has 1 heteroatoms. The van der Waals surface area contributed by atoms with Gasteiger partial charge >= 0.3 is 0 Å². The van der Waals surface area contributed by atoms with Crippen LogP contribution in [0.5, 0.6) is 0 Å². The molecule has 2 atom stereocenters. The quantitative estimate of drug-likeness (QED) is 0.571. The summed E-state index contributed by atoms with van der Waals surface area (Å²) < 4.78 is 0. The minimum absolute atomic E-state index is 0.830. The molecule has 0 saturated carbocycles. The fraction of sp³-hybridized carbons (Fsp3) is 1.00. The van der Waals surface area contributed by atoms with Crippen LogP contribution in [0.3, 0.4) is 0 Å². The van der Waals surface area contributed by atoms with Gasteiger partial charge in [0.1, 0.15) is 0 Å². The van der Waals surface area contributed by atoms with Crippen molar-refractivity contribution in [1.82, 2.24) is 5.32 Å². The lowest BCUT2D eigenvalue weighted by Crippen LogP contribution is -2.24. The molecule has 0 aromatic heterocycles. The molecule has 0 aliphatic carbocycles. The van der Waals surface area contributed by atoms with Crippen molar-refractivity contribution in [1.29, 1.82) is 0 Å². The Kier molecular flexibility index (Phi) is 8.53. The van der Waals surface area contributed by atoms with Gasteiger partial charge in [0.05, 0.1) is 0 Å². The molecule has 1 unspecified atom stereocenters. The summed E-state index contributed by atoms with van der Waals surface area (Å²) in [4.78, 5) is 0. The van der Waals surface area contributed by atoms with Gasteiger partial charge in [0.25, 0.3) is 0 Å². The van der Waals surface area contributed by atoms with E-state index in [1.54, 1.807) is 0 Å². The second-order valence-corrected chi connectivity index (χ2v) is 4.26. The third-order valence-corrected chi connectivity index (χ3v) is 2.95. The summed E-state index contributed by atoms with van der Waals surface area (Å²) >= 11 is 0. The number of hydrogen-bond donors (Lipinski definition) is 1. The smallest absolute Gasteiger partial charge is 0.00207 e. The molecule has 0 radical (unpaired) electrons. The van der Waals surface area contributed by atoms with Crippen LogP contribution in [0.4, 0.5) is 0 Å². The van der Waals surface area contributed by atoms with Crippen LogP contribution in [0, 0.1) is 11.8 Å². The molecule has 80 valence electrons. The summed E-state index contributed by atoms with van der Waals surface area (Å²) in [5.41, 5.74) is 0. The molecule has 0 amide bonds. The van der Waals surface area contributed by atoms with E-state index in [1.807, 2.05) is 0 Å². The number of unbranched alkanes of at least 4 members (excludes halogenated alkanes) is 2. The van der Waals surface area contributed by atoms with Crippen molar-refractivity contribution in [3.8, 4) is 0 Å². The monoisotopic (exact) mass is 185 g/mol. The van der Waals surface area contributed by atoms with Crippen LogP contribution in [0.1, 0.15) is 53.4 Å². The van der Waals surface area contributed by atoms with E-state index >= 15 is 0 Å². The second-order valence-electron chi connectivity index (χ2n) is 4.26. The third kappa shape index (κ3) is 7.06. The van der Waals surface area contributed by atoms with Crippen molar-refractivity contribution < 1.29 is 0 Å². The number of rotatable bonds is 8. The average Bonchev–Trinajstić information content (AvgIpc) is 2.14. The first-order chi connectivity index (χ1) is 6.22. The van der Waals surface area contributed by atoms with Gasteiger partial charge in [-0.3, -0.25) is 0 Å². The Morgan fingerprint density at radius 1 is 1.00 bits per heavy atom. The molecule has 0 fully saturated rings. The van der Waals surface area contributed by atoms with Crippen LogP contribution in [0.25, 0.3) is 0 Å². The molecule has 1 N–H and O–H groups in total. The van der Waals surface area contributed by atoms with Gasteiger partial charge in [0.15, 0.2) is 0 Å². The number of nitrogens with one attached hydrogen (secondary N) is 1. The Balaban J connectivity index is 3.38. The molecule has 0 saturated heterocycles. The molecule has 0 aromatic carbocycles. The van der Waals surface area contributed by atoms with Gasteiger partial charge in [-0.25, -0.2) is 0 Å². The van der Waals surface area contributed by atoms with Gasteiger partial charge in [-0.2, -0.15) is 0 Å². The zero-order valence-electron chi connectivity index (χ0n) is 9.90. The van der Waals surface area contributed by atoms with Crippen LogP contribution in [0.15, 0.2) is 0 Å². The molecule has 13 heavy (non-hydrogen) atoms. The van der Waals surface area contributed by atoms with E-state index in [-0.39, 0.29) is 0 Å². The molecular formula is C12H27N. The Labute approximate surface area is 84.3 Å². The largest absolute Gasteiger partial charge is 0.317 e. The van der Waals surface area contributed by atoms with Crippen molar-refractivity contribution in [2.24, 2.45) is 11.8 Å². The minimum Gasteiger partial charge on any atom is -0.317 e. The fourth-order valence-electron chi connectivity index (χ4n) is 1.57. The highest BCUT2D eigenvalue weighted by Gasteiger charge is 2.10. The van der Waals surface area contributed by atoms with Crippen molar-refractivity contribution in [2.45, 2.75) is 53.4 Å². The van der Waals surface area contributed by atoms with Crippen LogP contribution in [0.2, 0.25) is 0 Å². The average molecular weight is 185 g/mol. The molecule has 0 bridgehead atoms. The van der Waals surface area contributed by atoms with Crippen LogP contribution in [-0.2, 0) is 0 Å². The maximum Gasteiger partial charge on any atom is -0.00207 e. The molecule has 0 heterocycles. The van der Waals surface area contributed by atoms with Crippen LogP contribution in [-0.4, -0.2) is 13.1 Å². The summed E-state index contributed by atoms with van der Waals surface area (Å²) in [5, 5.41) is 3.42.